The van der Waals surface area contributed by atoms with E-state index < -0.39 is 11.6 Å². The highest BCUT2D eigenvalue weighted by molar-refractivity contribution is 5.76. The smallest absolute Gasteiger partial charge is 0.388 e. The number of nitrogens with zero attached hydrogens (tertiary/aromatic N) is 3. The zero-order valence-electron chi connectivity index (χ0n) is 15.9. The van der Waals surface area contributed by atoms with Crippen LogP contribution in [-0.2, 0) is 17.9 Å². The van der Waals surface area contributed by atoms with Crippen molar-refractivity contribution in [3.63, 3.8) is 0 Å². The van der Waals surface area contributed by atoms with Gasteiger partial charge in [0.1, 0.15) is 12.4 Å². The predicted molar refractivity (Wildman–Crippen MR) is 103 cm³/mol. The molecule has 0 aliphatic carbocycles. The summed E-state index contributed by atoms with van der Waals surface area (Å²) in [5.41, 5.74) is 2.64. The molecular formula is C21H22FN3O3. The topological polar surface area (TPSA) is 68.3 Å². The van der Waals surface area contributed by atoms with Gasteiger partial charge in [0, 0.05) is 18.7 Å². The lowest BCUT2D eigenvalue weighted by Crippen LogP contribution is -2.36. The Morgan fingerprint density at radius 1 is 1.14 bits per heavy atom. The van der Waals surface area contributed by atoms with E-state index in [4.69, 9.17) is 4.42 Å². The van der Waals surface area contributed by atoms with E-state index in [0.717, 1.165) is 22.2 Å². The van der Waals surface area contributed by atoms with Gasteiger partial charge in [0.25, 0.3) is 0 Å². The van der Waals surface area contributed by atoms with Gasteiger partial charge in [0.2, 0.25) is 11.8 Å². The maximum absolute atomic E-state index is 13.1. The molecule has 0 saturated heterocycles. The molecule has 0 fully saturated rings. The molecule has 7 heteroatoms. The summed E-state index contributed by atoms with van der Waals surface area (Å²) in [7, 11) is 0. The largest absolute Gasteiger partial charge is 0.437 e. The van der Waals surface area contributed by atoms with Crippen molar-refractivity contribution in [2.24, 2.45) is 0 Å². The summed E-state index contributed by atoms with van der Waals surface area (Å²) in [5.74, 6) is -1.28. The molecule has 0 radical (unpaired) electrons. The first-order valence-electron chi connectivity index (χ1n) is 9.13. The van der Waals surface area contributed by atoms with E-state index in [1.807, 2.05) is 38.1 Å². The van der Waals surface area contributed by atoms with Crippen LogP contribution in [-0.4, -0.2) is 27.1 Å². The molecule has 1 heterocycles. The van der Waals surface area contributed by atoms with Gasteiger partial charge < -0.3 is 9.32 Å². The third kappa shape index (κ3) is 4.73. The van der Waals surface area contributed by atoms with Crippen molar-refractivity contribution in [3.05, 3.63) is 76.0 Å². The normalized spacial score (nSPS) is 10.8. The molecule has 0 unspecified atom stereocenters. The van der Waals surface area contributed by atoms with Gasteiger partial charge in [-0.05, 0) is 43.2 Å². The molecule has 0 aliphatic rings. The average Bonchev–Trinajstić information content (AvgIpc) is 3.04. The van der Waals surface area contributed by atoms with Crippen LogP contribution >= 0.6 is 0 Å². The monoisotopic (exact) mass is 383 g/mol. The first-order chi connectivity index (χ1) is 13.5. The maximum Gasteiger partial charge on any atom is 0.437 e. The van der Waals surface area contributed by atoms with Gasteiger partial charge >= 0.3 is 5.76 Å². The fraction of sp³-hybridized carbons (Fsp3) is 0.286. The summed E-state index contributed by atoms with van der Waals surface area (Å²) < 4.78 is 19.2. The Hall–Kier alpha value is -3.22. The Morgan fingerprint density at radius 3 is 2.46 bits per heavy atom. The van der Waals surface area contributed by atoms with Crippen LogP contribution in [0.5, 0.6) is 0 Å². The highest BCUT2D eigenvalue weighted by Gasteiger charge is 2.18. The maximum atomic E-state index is 13.1. The number of halogens is 1. The molecule has 1 aromatic heterocycles. The summed E-state index contributed by atoms with van der Waals surface area (Å²) in [4.78, 5) is 26.5. The van der Waals surface area contributed by atoms with Gasteiger partial charge in [-0.1, -0.05) is 36.8 Å². The van der Waals surface area contributed by atoms with Crippen molar-refractivity contribution >= 4 is 5.91 Å². The van der Waals surface area contributed by atoms with Crippen LogP contribution in [0.25, 0.3) is 11.5 Å². The Balaban J connectivity index is 1.75. The Kier molecular flexibility index (Phi) is 6.03. The number of aryl methyl sites for hydroxylation is 1. The number of hydrogen-bond donors (Lipinski definition) is 0. The van der Waals surface area contributed by atoms with Crippen molar-refractivity contribution < 1.29 is 13.6 Å². The molecule has 0 spiro atoms. The first-order valence-corrected chi connectivity index (χ1v) is 9.13. The lowest BCUT2D eigenvalue weighted by Gasteiger charge is -2.22. The molecule has 2 aromatic carbocycles. The van der Waals surface area contributed by atoms with Crippen LogP contribution in [0.4, 0.5) is 4.39 Å². The fourth-order valence-electron chi connectivity index (χ4n) is 2.82. The van der Waals surface area contributed by atoms with Crippen LogP contribution in [0.15, 0.2) is 57.7 Å². The second kappa shape index (κ2) is 8.65. The number of benzene rings is 2. The van der Waals surface area contributed by atoms with Gasteiger partial charge in [0.15, 0.2) is 0 Å². The molecule has 0 N–H and O–H groups in total. The van der Waals surface area contributed by atoms with Crippen LogP contribution in [0.1, 0.15) is 24.5 Å². The minimum Gasteiger partial charge on any atom is -0.388 e. The molecule has 1 amide bonds. The molecule has 0 aliphatic heterocycles. The number of carbonyl (C=O) groups excluding carboxylic acids is 1. The molecule has 146 valence electrons. The quantitative estimate of drug-likeness (QED) is 0.627. The molecule has 28 heavy (non-hydrogen) atoms. The van der Waals surface area contributed by atoms with Crippen molar-refractivity contribution in [1.82, 2.24) is 14.7 Å². The van der Waals surface area contributed by atoms with Crippen molar-refractivity contribution in [1.29, 1.82) is 0 Å². The standard InChI is InChI=1S/C21H22FN3O3/c1-3-12-24(13-16-6-4-15(2)5-7-16)19(26)14-25-21(27)28-20(23-25)17-8-10-18(22)11-9-17/h4-11H,3,12-14H2,1-2H3. The summed E-state index contributed by atoms with van der Waals surface area (Å²) in [6, 6.07) is 13.4. The summed E-state index contributed by atoms with van der Waals surface area (Å²) in [6.45, 7) is 4.82. The average molecular weight is 383 g/mol. The Morgan fingerprint density at radius 2 is 1.82 bits per heavy atom. The third-order valence-electron chi connectivity index (χ3n) is 4.32. The minimum atomic E-state index is -0.723. The number of carbonyl (C=O) groups is 1. The van der Waals surface area contributed by atoms with Gasteiger partial charge in [-0.15, -0.1) is 5.10 Å². The van der Waals surface area contributed by atoms with E-state index in [9.17, 15) is 14.0 Å². The van der Waals surface area contributed by atoms with Crippen LogP contribution < -0.4 is 5.76 Å². The first kappa shape index (κ1) is 19.5. The number of aromatic nitrogens is 2. The summed E-state index contributed by atoms with van der Waals surface area (Å²) in [6.07, 6.45) is 0.798. The second-order valence-electron chi connectivity index (χ2n) is 6.64. The van der Waals surface area contributed by atoms with Crippen LogP contribution in [0.3, 0.4) is 0 Å². The van der Waals surface area contributed by atoms with Gasteiger partial charge in [-0.25, -0.2) is 9.18 Å². The van der Waals surface area contributed by atoms with Crippen molar-refractivity contribution in [2.75, 3.05) is 6.54 Å². The van der Waals surface area contributed by atoms with E-state index in [0.29, 0.717) is 18.7 Å². The molecule has 3 rings (SSSR count). The fourth-order valence-corrected chi connectivity index (χ4v) is 2.82. The second-order valence-corrected chi connectivity index (χ2v) is 6.64. The summed E-state index contributed by atoms with van der Waals surface area (Å²) in [5, 5.41) is 4.08. The molecule has 0 bridgehead atoms. The number of hydrogen-bond acceptors (Lipinski definition) is 4. The third-order valence-corrected chi connectivity index (χ3v) is 4.32. The van der Waals surface area contributed by atoms with Crippen LogP contribution in [0, 0.1) is 12.7 Å². The number of amides is 1. The predicted octanol–water partition coefficient (Wildman–Crippen LogP) is 3.39. The van der Waals surface area contributed by atoms with E-state index in [2.05, 4.69) is 5.10 Å². The molecule has 0 atom stereocenters. The Bertz CT molecular complexity index is 991. The van der Waals surface area contributed by atoms with Gasteiger partial charge in [-0.3, -0.25) is 4.79 Å². The zero-order chi connectivity index (χ0) is 20.1. The van der Waals surface area contributed by atoms with E-state index in [-0.39, 0.29) is 18.3 Å². The number of rotatable bonds is 7. The van der Waals surface area contributed by atoms with Gasteiger partial charge in [0.05, 0.1) is 0 Å². The highest BCUT2D eigenvalue weighted by Crippen LogP contribution is 2.16. The van der Waals surface area contributed by atoms with Gasteiger partial charge in [-0.2, -0.15) is 4.68 Å². The highest BCUT2D eigenvalue weighted by atomic mass is 19.1. The summed E-state index contributed by atoms with van der Waals surface area (Å²) >= 11 is 0. The van der Waals surface area contributed by atoms with Crippen molar-refractivity contribution in [2.45, 2.75) is 33.4 Å². The Labute approximate surface area is 162 Å². The van der Waals surface area contributed by atoms with E-state index >= 15 is 0 Å². The molecule has 0 saturated carbocycles. The SMILES string of the molecule is CCCN(Cc1ccc(C)cc1)C(=O)Cn1nc(-c2ccc(F)cc2)oc1=O. The molecular weight excluding hydrogens is 361 g/mol. The van der Waals surface area contributed by atoms with Crippen molar-refractivity contribution in [3.8, 4) is 11.5 Å². The molecule has 6 nitrogen and oxygen atoms in total. The minimum absolute atomic E-state index is 0.0541. The van der Waals surface area contributed by atoms with Crippen LogP contribution in [0.2, 0.25) is 0 Å². The molecule has 3 aromatic rings. The van der Waals surface area contributed by atoms with E-state index in [1.165, 1.54) is 24.3 Å². The zero-order valence-corrected chi connectivity index (χ0v) is 15.9. The lowest BCUT2D eigenvalue weighted by molar-refractivity contribution is -0.132. The van der Waals surface area contributed by atoms with E-state index in [1.54, 1.807) is 4.90 Å². The lowest BCUT2D eigenvalue weighted by atomic mass is 10.1.